The van der Waals surface area contributed by atoms with Gasteiger partial charge in [0.15, 0.2) is 10.6 Å². The number of hydrogen-bond donors (Lipinski definition) is 0. The summed E-state index contributed by atoms with van der Waals surface area (Å²) in [5.41, 5.74) is 4.69. The predicted octanol–water partition coefficient (Wildman–Crippen LogP) is 5.27. The van der Waals surface area contributed by atoms with Crippen molar-refractivity contribution >= 4 is 39.3 Å². The van der Waals surface area contributed by atoms with Gasteiger partial charge in [-0.3, -0.25) is 14.5 Å². The number of fused-ring (bicyclic) bond motifs is 2. The van der Waals surface area contributed by atoms with Gasteiger partial charge in [-0.2, -0.15) is 0 Å². The van der Waals surface area contributed by atoms with Crippen molar-refractivity contribution in [2.24, 2.45) is 0 Å². The first kappa shape index (κ1) is 23.0. The highest BCUT2D eigenvalue weighted by Crippen LogP contribution is 2.43. The van der Waals surface area contributed by atoms with Crippen LogP contribution in [0.3, 0.4) is 0 Å². The number of carbonyl (C=O) groups is 2. The Morgan fingerprint density at radius 1 is 1.11 bits per heavy atom. The van der Waals surface area contributed by atoms with Crippen LogP contribution in [0.5, 0.6) is 0 Å². The molecule has 0 radical (unpaired) electrons. The number of benzene rings is 2. The fourth-order valence-corrected chi connectivity index (χ4v) is 5.46. The number of anilines is 1. The maximum atomic E-state index is 13.8. The normalized spacial score (nSPS) is 15.1. The highest BCUT2D eigenvalue weighted by atomic mass is 32.1. The predicted molar refractivity (Wildman–Crippen MR) is 135 cm³/mol. The van der Waals surface area contributed by atoms with Crippen molar-refractivity contribution in [2.75, 3.05) is 12.0 Å². The zero-order valence-corrected chi connectivity index (χ0v) is 20.9. The van der Waals surface area contributed by atoms with Gasteiger partial charge in [0, 0.05) is 0 Å². The van der Waals surface area contributed by atoms with E-state index in [0.29, 0.717) is 26.7 Å². The molecule has 7 nitrogen and oxygen atoms in total. The number of aromatic nitrogens is 1. The first-order chi connectivity index (χ1) is 16.7. The molecule has 5 rings (SSSR count). The Bertz CT molecular complexity index is 1570. The molecule has 1 aliphatic rings. The zero-order valence-electron chi connectivity index (χ0n) is 20.1. The van der Waals surface area contributed by atoms with Gasteiger partial charge in [-0.1, -0.05) is 42.5 Å². The van der Waals surface area contributed by atoms with E-state index in [0.717, 1.165) is 40.0 Å². The van der Waals surface area contributed by atoms with Crippen LogP contribution in [0.15, 0.2) is 45.6 Å². The second-order valence-corrected chi connectivity index (χ2v) is 9.66. The molecule has 0 unspecified atom stereocenters. The van der Waals surface area contributed by atoms with E-state index >= 15 is 0 Å². The lowest BCUT2D eigenvalue weighted by Crippen LogP contribution is -2.29. The van der Waals surface area contributed by atoms with E-state index in [1.807, 2.05) is 44.2 Å². The monoisotopic (exact) mass is 488 g/mol. The zero-order chi connectivity index (χ0) is 25.0. The van der Waals surface area contributed by atoms with Crippen LogP contribution < -0.4 is 10.3 Å². The number of esters is 1. The van der Waals surface area contributed by atoms with E-state index in [1.165, 1.54) is 12.0 Å². The molecule has 4 aromatic rings. The summed E-state index contributed by atoms with van der Waals surface area (Å²) in [6.45, 7) is 7.62. The number of methoxy groups -OCH3 is 1. The van der Waals surface area contributed by atoms with E-state index in [1.54, 1.807) is 13.0 Å². The van der Waals surface area contributed by atoms with Gasteiger partial charge in [0.25, 0.3) is 5.91 Å². The number of nitrogens with zero attached hydrogens (tertiary/aromatic N) is 2. The number of rotatable bonds is 4. The summed E-state index contributed by atoms with van der Waals surface area (Å²) >= 11 is 1.06. The average molecular weight is 489 g/mol. The molecule has 1 aliphatic heterocycles. The lowest BCUT2D eigenvalue weighted by atomic mass is 9.96. The van der Waals surface area contributed by atoms with E-state index < -0.39 is 17.9 Å². The summed E-state index contributed by atoms with van der Waals surface area (Å²) in [4.78, 5) is 46.1. The van der Waals surface area contributed by atoms with Crippen molar-refractivity contribution in [2.45, 2.75) is 40.2 Å². The Morgan fingerprint density at radius 2 is 1.80 bits per heavy atom. The van der Waals surface area contributed by atoms with Crippen LogP contribution in [0, 0.1) is 20.8 Å². The Balaban J connectivity index is 1.78. The highest BCUT2D eigenvalue weighted by Gasteiger charge is 2.45. The molecule has 0 aliphatic carbocycles. The third-order valence-electron chi connectivity index (χ3n) is 6.55. The Labute approximate surface area is 206 Å². The van der Waals surface area contributed by atoms with E-state index in [4.69, 9.17) is 9.15 Å². The van der Waals surface area contributed by atoms with E-state index in [9.17, 15) is 14.4 Å². The number of aryl methyl sites for hydroxylation is 4. The second-order valence-electron chi connectivity index (χ2n) is 8.68. The summed E-state index contributed by atoms with van der Waals surface area (Å²) in [6, 6.07) is 10.7. The fourth-order valence-electron chi connectivity index (χ4n) is 4.44. The Morgan fingerprint density at radius 3 is 2.46 bits per heavy atom. The first-order valence-electron chi connectivity index (χ1n) is 11.3. The molecular weight excluding hydrogens is 464 g/mol. The molecule has 0 N–H and O–H groups in total. The quantitative estimate of drug-likeness (QED) is 0.364. The van der Waals surface area contributed by atoms with Gasteiger partial charge >= 0.3 is 5.97 Å². The molecule has 3 heterocycles. The van der Waals surface area contributed by atoms with Crippen LogP contribution in [0.1, 0.15) is 66.7 Å². The van der Waals surface area contributed by atoms with Crippen molar-refractivity contribution in [3.05, 3.63) is 90.8 Å². The largest absolute Gasteiger partial charge is 0.465 e. The molecule has 0 spiro atoms. The summed E-state index contributed by atoms with van der Waals surface area (Å²) < 4.78 is 11.0. The second kappa shape index (κ2) is 8.46. The van der Waals surface area contributed by atoms with Crippen molar-refractivity contribution < 1.29 is 18.7 Å². The van der Waals surface area contributed by atoms with Gasteiger partial charge in [0.1, 0.15) is 10.5 Å². The molecule has 0 saturated heterocycles. The van der Waals surface area contributed by atoms with Gasteiger partial charge in [0.05, 0.1) is 29.8 Å². The van der Waals surface area contributed by atoms with Gasteiger partial charge < -0.3 is 9.15 Å². The number of hydrogen-bond acceptors (Lipinski definition) is 7. The third-order valence-corrected chi connectivity index (χ3v) is 7.69. The smallest absolute Gasteiger partial charge is 0.350 e. The molecule has 8 heteroatoms. The van der Waals surface area contributed by atoms with Crippen molar-refractivity contribution in [1.82, 2.24) is 4.98 Å². The summed E-state index contributed by atoms with van der Waals surface area (Å²) in [5, 5.41) is 0.738. The van der Waals surface area contributed by atoms with Crippen LogP contribution in [0.4, 0.5) is 5.13 Å². The molecule has 2 aromatic heterocycles. The lowest BCUT2D eigenvalue weighted by molar-refractivity contribution is 0.0605. The van der Waals surface area contributed by atoms with Gasteiger partial charge in [-0.25, -0.2) is 9.78 Å². The van der Waals surface area contributed by atoms with Crippen molar-refractivity contribution in [1.29, 1.82) is 0 Å². The molecule has 178 valence electrons. The minimum Gasteiger partial charge on any atom is -0.465 e. The molecule has 1 atom stereocenters. The third kappa shape index (κ3) is 3.56. The number of thiazole rings is 1. The summed E-state index contributed by atoms with van der Waals surface area (Å²) in [6.07, 6.45) is 0.865. The Hall–Kier alpha value is -3.78. The number of carbonyl (C=O) groups excluding carboxylic acids is 2. The van der Waals surface area contributed by atoms with Crippen LogP contribution in [0.25, 0.3) is 11.0 Å². The van der Waals surface area contributed by atoms with Gasteiger partial charge in [-0.05, 0) is 61.6 Å². The molecular formula is C27H24N2O5S. The molecule has 0 saturated carbocycles. The van der Waals surface area contributed by atoms with E-state index in [2.05, 4.69) is 11.9 Å². The molecule has 0 fully saturated rings. The SMILES string of the molecule is CCc1ccc([C@H]2c3c(oc4cc(C)c(C)cc4c3=O)C(=O)N2c2nc(C)c(C(=O)OC)s2)cc1. The standard InChI is InChI=1S/C27H24N2O5S/c1-6-16-7-9-17(10-8-16)21-20-22(30)18-11-13(2)14(3)12-19(18)34-23(20)25(31)29(21)27-28-15(4)24(35-27)26(32)33-5/h7-12,21H,6H2,1-5H3/t21-/m0/s1. The topological polar surface area (TPSA) is 89.7 Å². The van der Waals surface area contributed by atoms with Crippen LogP contribution in [0.2, 0.25) is 0 Å². The summed E-state index contributed by atoms with van der Waals surface area (Å²) in [7, 11) is 1.30. The maximum Gasteiger partial charge on any atom is 0.350 e. The maximum absolute atomic E-state index is 13.8. The van der Waals surface area contributed by atoms with Crippen molar-refractivity contribution in [3.8, 4) is 0 Å². The van der Waals surface area contributed by atoms with E-state index in [-0.39, 0.29) is 16.8 Å². The summed E-state index contributed by atoms with van der Waals surface area (Å²) in [5.74, 6) is -0.986. The lowest BCUT2D eigenvalue weighted by Gasteiger charge is -2.22. The highest BCUT2D eigenvalue weighted by molar-refractivity contribution is 7.17. The van der Waals surface area contributed by atoms with Gasteiger partial charge in [-0.15, -0.1) is 0 Å². The van der Waals surface area contributed by atoms with Crippen LogP contribution in [-0.4, -0.2) is 24.0 Å². The molecule has 1 amide bonds. The van der Waals surface area contributed by atoms with Gasteiger partial charge in [0.2, 0.25) is 5.76 Å². The minimum atomic E-state index is -0.735. The van der Waals surface area contributed by atoms with Crippen LogP contribution >= 0.6 is 11.3 Å². The molecule has 35 heavy (non-hydrogen) atoms. The average Bonchev–Trinajstić information content (AvgIpc) is 3.37. The molecule has 0 bridgehead atoms. The van der Waals surface area contributed by atoms with Crippen LogP contribution in [-0.2, 0) is 11.2 Å². The Kier molecular flexibility index (Phi) is 5.56. The van der Waals surface area contributed by atoms with Crippen molar-refractivity contribution in [3.63, 3.8) is 0 Å². The minimum absolute atomic E-state index is 0.00259. The number of amides is 1. The first-order valence-corrected chi connectivity index (χ1v) is 12.1. The number of ether oxygens (including phenoxy) is 1. The molecule has 2 aromatic carbocycles. The fraction of sp³-hybridized carbons (Fsp3) is 0.259.